The number of hydrogen-bond acceptors (Lipinski definition) is 4. The summed E-state index contributed by atoms with van der Waals surface area (Å²) in [6, 6.07) is 0. The van der Waals surface area contributed by atoms with Crippen molar-refractivity contribution in [3.63, 3.8) is 0 Å². The third-order valence-electron chi connectivity index (χ3n) is 2.82. The van der Waals surface area contributed by atoms with E-state index < -0.39 is 0 Å². The molecule has 0 rings (SSSR count). The zero-order valence-electron chi connectivity index (χ0n) is 11.6. The number of nitrogens with zero attached hydrogens (tertiary/aromatic N) is 1. The van der Waals surface area contributed by atoms with Crippen LogP contribution in [0.3, 0.4) is 0 Å². The summed E-state index contributed by atoms with van der Waals surface area (Å²) in [6.07, 6.45) is 2.62. The van der Waals surface area contributed by atoms with E-state index in [-0.39, 0.29) is 5.97 Å². The van der Waals surface area contributed by atoms with Crippen LogP contribution >= 0.6 is 0 Å². The van der Waals surface area contributed by atoms with E-state index in [9.17, 15) is 4.79 Å². The highest BCUT2D eigenvalue weighted by Gasteiger charge is 2.05. The van der Waals surface area contributed by atoms with Gasteiger partial charge in [-0.15, -0.1) is 0 Å². The fraction of sp³-hybridized carbons (Fsp3) is 0.769. The molecule has 0 spiro atoms. The SMILES string of the molecule is CC/C(=C/CNCCN(CC)CC)C(=O)OC. The Hall–Kier alpha value is -0.870. The summed E-state index contributed by atoms with van der Waals surface area (Å²) in [5.74, 6) is -0.224. The highest BCUT2D eigenvalue weighted by atomic mass is 16.5. The van der Waals surface area contributed by atoms with Crippen molar-refractivity contribution >= 4 is 5.97 Å². The molecule has 0 saturated heterocycles. The predicted molar refractivity (Wildman–Crippen MR) is 71.0 cm³/mol. The summed E-state index contributed by atoms with van der Waals surface area (Å²) in [7, 11) is 1.42. The minimum absolute atomic E-state index is 0.224. The van der Waals surface area contributed by atoms with Crippen LogP contribution in [0.5, 0.6) is 0 Å². The number of methoxy groups -OCH3 is 1. The van der Waals surface area contributed by atoms with Gasteiger partial charge in [0.05, 0.1) is 7.11 Å². The van der Waals surface area contributed by atoms with Gasteiger partial charge in [-0.2, -0.15) is 0 Å². The zero-order valence-corrected chi connectivity index (χ0v) is 11.6. The van der Waals surface area contributed by atoms with Gasteiger partial charge in [0.15, 0.2) is 0 Å². The lowest BCUT2D eigenvalue weighted by molar-refractivity contribution is -0.136. The van der Waals surface area contributed by atoms with E-state index >= 15 is 0 Å². The third kappa shape index (κ3) is 7.13. The van der Waals surface area contributed by atoms with Crippen LogP contribution in [-0.2, 0) is 9.53 Å². The Balaban J connectivity index is 3.81. The standard InChI is InChI=1S/C13H26N2O2/c1-5-12(13(16)17-4)8-9-14-10-11-15(6-2)7-3/h8,14H,5-7,9-11H2,1-4H3/b12-8-. The van der Waals surface area contributed by atoms with E-state index in [1.807, 2.05) is 13.0 Å². The van der Waals surface area contributed by atoms with E-state index in [0.29, 0.717) is 6.42 Å². The number of likely N-dealkylation sites (N-methyl/N-ethyl adjacent to an activating group) is 1. The lowest BCUT2D eigenvalue weighted by atomic mass is 10.2. The van der Waals surface area contributed by atoms with Crippen molar-refractivity contribution in [3.05, 3.63) is 11.6 Å². The van der Waals surface area contributed by atoms with Gasteiger partial charge in [0.1, 0.15) is 0 Å². The number of esters is 1. The molecule has 0 aromatic heterocycles. The van der Waals surface area contributed by atoms with Crippen LogP contribution in [0.25, 0.3) is 0 Å². The van der Waals surface area contributed by atoms with Crippen LogP contribution in [0.1, 0.15) is 27.2 Å². The number of ether oxygens (including phenoxy) is 1. The van der Waals surface area contributed by atoms with Crippen molar-refractivity contribution in [1.29, 1.82) is 0 Å². The van der Waals surface area contributed by atoms with E-state index in [4.69, 9.17) is 4.74 Å². The van der Waals surface area contributed by atoms with Crippen LogP contribution in [0.2, 0.25) is 0 Å². The molecular weight excluding hydrogens is 216 g/mol. The molecule has 0 bridgehead atoms. The largest absolute Gasteiger partial charge is 0.466 e. The molecule has 17 heavy (non-hydrogen) atoms. The molecule has 0 amide bonds. The molecule has 0 radical (unpaired) electrons. The average molecular weight is 242 g/mol. The Labute approximate surface area is 105 Å². The van der Waals surface area contributed by atoms with E-state index in [2.05, 4.69) is 24.1 Å². The maximum absolute atomic E-state index is 11.3. The first-order valence-electron chi connectivity index (χ1n) is 6.39. The molecule has 0 heterocycles. The second kappa shape index (κ2) is 10.3. The Morgan fingerprint density at radius 1 is 1.29 bits per heavy atom. The topological polar surface area (TPSA) is 41.6 Å². The number of hydrogen-bond donors (Lipinski definition) is 1. The summed E-state index contributed by atoms with van der Waals surface area (Å²) >= 11 is 0. The summed E-state index contributed by atoms with van der Waals surface area (Å²) < 4.78 is 4.69. The summed E-state index contributed by atoms with van der Waals surface area (Å²) in [5.41, 5.74) is 0.739. The van der Waals surface area contributed by atoms with Crippen LogP contribution in [0.4, 0.5) is 0 Å². The van der Waals surface area contributed by atoms with Gasteiger partial charge < -0.3 is 15.0 Å². The fourth-order valence-corrected chi connectivity index (χ4v) is 1.58. The molecule has 0 aliphatic rings. The summed E-state index contributed by atoms with van der Waals surface area (Å²) in [6.45, 7) is 11.1. The fourth-order valence-electron chi connectivity index (χ4n) is 1.58. The van der Waals surface area contributed by atoms with Gasteiger partial charge in [0, 0.05) is 25.2 Å². The zero-order chi connectivity index (χ0) is 13.1. The molecule has 0 aromatic carbocycles. The highest BCUT2D eigenvalue weighted by Crippen LogP contribution is 2.01. The summed E-state index contributed by atoms with van der Waals surface area (Å²) in [5, 5.41) is 3.30. The molecule has 0 aromatic rings. The second-order valence-corrected chi connectivity index (χ2v) is 3.81. The first-order chi connectivity index (χ1) is 8.19. The minimum atomic E-state index is -0.224. The van der Waals surface area contributed by atoms with Gasteiger partial charge in [-0.05, 0) is 19.5 Å². The van der Waals surface area contributed by atoms with Crippen LogP contribution in [0, 0.1) is 0 Å². The molecule has 100 valence electrons. The third-order valence-corrected chi connectivity index (χ3v) is 2.82. The minimum Gasteiger partial charge on any atom is -0.466 e. The van der Waals surface area contributed by atoms with Crippen LogP contribution in [0.15, 0.2) is 11.6 Å². The van der Waals surface area contributed by atoms with Gasteiger partial charge in [-0.3, -0.25) is 0 Å². The molecule has 1 N–H and O–H groups in total. The maximum Gasteiger partial charge on any atom is 0.333 e. The number of rotatable bonds is 9. The lowest BCUT2D eigenvalue weighted by Gasteiger charge is -2.17. The molecule has 0 aliphatic heterocycles. The Bertz CT molecular complexity index is 236. The molecule has 0 atom stereocenters. The van der Waals surface area contributed by atoms with Crippen molar-refractivity contribution in [2.24, 2.45) is 0 Å². The maximum atomic E-state index is 11.3. The first-order valence-corrected chi connectivity index (χ1v) is 6.39. The van der Waals surface area contributed by atoms with Gasteiger partial charge >= 0.3 is 5.97 Å². The van der Waals surface area contributed by atoms with E-state index in [1.165, 1.54) is 7.11 Å². The van der Waals surface area contributed by atoms with Gasteiger partial charge in [-0.1, -0.05) is 26.8 Å². The molecular formula is C13H26N2O2. The first kappa shape index (κ1) is 16.1. The van der Waals surface area contributed by atoms with Gasteiger partial charge in [0.2, 0.25) is 0 Å². The van der Waals surface area contributed by atoms with Crippen molar-refractivity contribution < 1.29 is 9.53 Å². The highest BCUT2D eigenvalue weighted by molar-refractivity contribution is 5.88. The Morgan fingerprint density at radius 3 is 2.41 bits per heavy atom. The van der Waals surface area contributed by atoms with Crippen LogP contribution < -0.4 is 5.32 Å². The molecule has 0 fully saturated rings. The van der Waals surface area contributed by atoms with Crippen molar-refractivity contribution in [2.75, 3.05) is 39.8 Å². The number of carbonyl (C=O) groups is 1. The van der Waals surface area contributed by atoms with Gasteiger partial charge in [-0.25, -0.2) is 4.79 Å². The summed E-state index contributed by atoms with van der Waals surface area (Å²) in [4.78, 5) is 13.6. The molecule has 0 saturated carbocycles. The predicted octanol–water partition coefficient (Wildman–Crippen LogP) is 1.43. The molecule has 4 heteroatoms. The van der Waals surface area contributed by atoms with E-state index in [0.717, 1.165) is 38.3 Å². The van der Waals surface area contributed by atoms with Crippen molar-refractivity contribution in [3.8, 4) is 0 Å². The van der Waals surface area contributed by atoms with E-state index in [1.54, 1.807) is 0 Å². The Kier molecular flexibility index (Phi) is 9.77. The number of carbonyl (C=O) groups excluding carboxylic acids is 1. The monoisotopic (exact) mass is 242 g/mol. The van der Waals surface area contributed by atoms with Crippen LogP contribution in [-0.4, -0.2) is 50.7 Å². The normalized spacial score (nSPS) is 11.9. The quantitative estimate of drug-likeness (QED) is 0.377. The van der Waals surface area contributed by atoms with Gasteiger partial charge in [0.25, 0.3) is 0 Å². The molecule has 4 nitrogen and oxygen atoms in total. The van der Waals surface area contributed by atoms with Crippen molar-refractivity contribution in [2.45, 2.75) is 27.2 Å². The lowest BCUT2D eigenvalue weighted by Crippen LogP contribution is -2.32. The average Bonchev–Trinajstić information content (AvgIpc) is 2.37. The molecule has 0 aliphatic carbocycles. The van der Waals surface area contributed by atoms with Crippen molar-refractivity contribution in [1.82, 2.24) is 10.2 Å². The Morgan fingerprint density at radius 2 is 1.94 bits per heavy atom. The molecule has 0 unspecified atom stereocenters. The second-order valence-electron chi connectivity index (χ2n) is 3.81. The number of nitrogens with one attached hydrogen (secondary N) is 1. The smallest absolute Gasteiger partial charge is 0.333 e.